The van der Waals surface area contributed by atoms with Crippen LogP contribution in [-0.4, -0.2) is 35.1 Å². The number of aliphatic hydroxyl groups excluding tert-OH is 1. The average Bonchev–Trinajstić information content (AvgIpc) is 2.86. The maximum atomic E-state index is 12.8. The van der Waals surface area contributed by atoms with E-state index in [0.29, 0.717) is 6.42 Å². The zero-order chi connectivity index (χ0) is 14.6. The Balaban J connectivity index is 1.87. The van der Waals surface area contributed by atoms with Crippen molar-refractivity contribution in [2.75, 3.05) is 13.2 Å². The molecule has 0 aliphatic heterocycles. The van der Waals surface area contributed by atoms with Gasteiger partial charge in [0.15, 0.2) is 0 Å². The first kappa shape index (κ1) is 14.5. The van der Waals surface area contributed by atoms with E-state index < -0.39 is 25.0 Å². The second-order valence-electron chi connectivity index (χ2n) is 4.65. The molecule has 0 atom stereocenters. The van der Waals surface area contributed by atoms with E-state index >= 15 is 0 Å². The van der Waals surface area contributed by atoms with Crippen molar-refractivity contribution in [1.82, 2.24) is 10.3 Å². The Morgan fingerprint density at radius 1 is 1.35 bits per heavy atom. The summed E-state index contributed by atoms with van der Waals surface area (Å²) in [6.45, 7) is -2.11. The number of H-pyrrole nitrogens is 1. The van der Waals surface area contributed by atoms with Crippen LogP contribution < -0.4 is 5.32 Å². The highest BCUT2D eigenvalue weighted by molar-refractivity contribution is 5.84. The molecular weight excluding hydrogens is 266 g/mol. The smallest absolute Gasteiger partial charge is 0.287 e. The lowest BCUT2D eigenvalue weighted by atomic mass is 10.1. The van der Waals surface area contributed by atoms with Crippen molar-refractivity contribution in [3.8, 4) is 0 Å². The van der Waals surface area contributed by atoms with Crippen LogP contribution in [0, 0.1) is 0 Å². The second kappa shape index (κ2) is 6.00. The van der Waals surface area contributed by atoms with Crippen molar-refractivity contribution in [3.05, 3.63) is 36.0 Å². The van der Waals surface area contributed by atoms with Crippen LogP contribution in [0.4, 0.5) is 8.78 Å². The van der Waals surface area contributed by atoms with Gasteiger partial charge in [-0.3, -0.25) is 4.79 Å². The molecule has 0 saturated carbocycles. The van der Waals surface area contributed by atoms with Crippen LogP contribution in [0.5, 0.6) is 0 Å². The molecular formula is C14H16F2N2O2. The predicted molar refractivity (Wildman–Crippen MR) is 71.7 cm³/mol. The minimum Gasteiger partial charge on any atom is -0.390 e. The molecule has 0 spiro atoms. The number of hydrogen-bond acceptors (Lipinski definition) is 2. The SMILES string of the molecule is O=C(CCc1c[nH]c2ccccc12)NCC(F)(F)CO. The standard InChI is InChI=1S/C14H16F2N2O2/c15-14(16,9-19)8-18-13(20)6-5-10-7-17-12-4-2-1-3-11(10)12/h1-4,7,17,19H,5-6,8-9H2,(H,18,20). The van der Waals surface area contributed by atoms with E-state index in [-0.39, 0.29) is 6.42 Å². The van der Waals surface area contributed by atoms with E-state index in [1.807, 2.05) is 30.5 Å². The molecule has 20 heavy (non-hydrogen) atoms. The molecule has 6 heteroatoms. The summed E-state index contributed by atoms with van der Waals surface area (Å²) in [5, 5.41) is 11.6. The zero-order valence-electron chi connectivity index (χ0n) is 10.8. The van der Waals surface area contributed by atoms with Gasteiger partial charge in [-0.15, -0.1) is 0 Å². The number of fused-ring (bicyclic) bond motifs is 1. The Kier molecular flexibility index (Phi) is 4.34. The minimum atomic E-state index is -3.27. The fraction of sp³-hybridized carbons (Fsp3) is 0.357. The number of aryl methyl sites for hydroxylation is 1. The molecule has 1 aromatic carbocycles. The molecule has 0 bridgehead atoms. The number of benzene rings is 1. The zero-order valence-corrected chi connectivity index (χ0v) is 10.8. The van der Waals surface area contributed by atoms with Crippen LogP contribution in [0.15, 0.2) is 30.5 Å². The van der Waals surface area contributed by atoms with Crippen molar-refractivity contribution in [3.63, 3.8) is 0 Å². The molecule has 2 aromatic rings. The number of hydrogen-bond donors (Lipinski definition) is 3. The van der Waals surface area contributed by atoms with E-state index in [9.17, 15) is 13.6 Å². The van der Waals surface area contributed by atoms with Crippen molar-refractivity contribution in [1.29, 1.82) is 0 Å². The highest BCUT2D eigenvalue weighted by atomic mass is 19.3. The van der Waals surface area contributed by atoms with Crippen molar-refractivity contribution in [2.24, 2.45) is 0 Å². The lowest BCUT2D eigenvalue weighted by Crippen LogP contribution is -2.39. The highest BCUT2D eigenvalue weighted by Gasteiger charge is 2.27. The molecule has 0 radical (unpaired) electrons. The fourth-order valence-corrected chi connectivity index (χ4v) is 1.96. The first-order valence-electron chi connectivity index (χ1n) is 6.32. The summed E-state index contributed by atoms with van der Waals surface area (Å²) < 4.78 is 25.5. The largest absolute Gasteiger partial charge is 0.390 e. The monoisotopic (exact) mass is 282 g/mol. The van der Waals surface area contributed by atoms with E-state index in [2.05, 4.69) is 10.3 Å². The number of halogens is 2. The van der Waals surface area contributed by atoms with Gasteiger partial charge < -0.3 is 15.4 Å². The molecule has 0 saturated heterocycles. The van der Waals surface area contributed by atoms with Gasteiger partial charge >= 0.3 is 0 Å². The highest BCUT2D eigenvalue weighted by Crippen LogP contribution is 2.19. The van der Waals surface area contributed by atoms with Gasteiger partial charge in [-0.05, 0) is 18.1 Å². The number of aliphatic hydroxyl groups is 1. The van der Waals surface area contributed by atoms with Crippen molar-refractivity contribution < 1.29 is 18.7 Å². The number of carbonyl (C=O) groups excluding carboxylic acids is 1. The molecule has 1 heterocycles. The Morgan fingerprint density at radius 2 is 2.10 bits per heavy atom. The molecule has 1 amide bonds. The average molecular weight is 282 g/mol. The van der Waals surface area contributed by atoms with Crippen LogP contribution in [-0.2, 0) is 11.2 Å². The third kappa shape index (κ3) is 3.54. The molecule has 0 fully saturated rings. The van der Waals surface area contributed by atoms with Gasteiger partial charge in [0.2, 0.25) is 5.91 Å². The molecule has 0 unspecified atom stereocenters. The Morgan fingerprint density at radius 3 is 2.85 bits per heavy atom. The van der Waals surface area contributed by atoms with E-state index in [1.165, 1.54) is 0 Å². The van der Waals surface area contributed by atoms with Crippen molar-refractivity contribution in [2.45, 2.75) is 18.8 Å². The maximum absolute atomic E-state index is 12.8. The number of rotatable bonds is 6. The Hall–Kier alpha value is -1.95. The fourth-order valence-electron chi connectivity index (χ4n) is 1.96. The van der Waals surface area contributed by atoms with Crippen molar-refractivity contribution >= 4 is 16.8 Å². The van der Waals surface area contributed by atoms with Gasteiger partial charge in [-0.25, -0.2) is 8.78 Å². The minimum absolute atomic E-state index is 0.128. The molecule has 1 aromatic heterocycles. The summed E-state index contributed by atoms with van der Waals surface area (Å²) in [7, 11) is 0. The molecule has 0 aliphatic carbocycles. The van der Waals surface area contributed by atoms with Crippen LogP contribution in [0.3, 0.4) is 0 Å². The van der Waals surface area contributed by atoms with Gasteiger partial charge in [0, 0.05) is 23.5 Å². The molecule has 2 rings (SSSR count). The number of alkyl halides is 2. The van der Waals surface area contributed by atoms with E-state index in [4.69, 9.17) is 5.11 Å². The summed E-state index contributed by atoms with van der Waals surface area (Å²) in [6.07, 6.45) is 2.42. The molecule has 3 N–H and O–H groups in total. The quantitative estimate of drug-likeness (QED) is 0.757. The van der Waals surface area contributed by atoms with Gasteiger partial charge in [0.25, 0.3) is 5.92 Å². The van der Waals surface area contributed by atoms with Gasteiger partial charge in [0.05, 0.1) is 6.54 Å². The number of carbonyl (C=O) groups is 1. The number of aromatic amines is 1. The van der Waals surface area contributed by atoms with Gasteiger partial charge in [0.1, 0.15) is 6.61 Å². The molecule has 4 nitrogen and oxygen atoms in total. The summed E-state index contributed by atoms with van der Waals surface area (Å²) >= 11 is 0. The number of aromatic nitrogens is 1. The summed E-state index contributed by atoms with van der Waals surface area (Å²) in [5.41, 5.74) is 1.96. The summed E-state index contributed by atoms with van der Waals surface area (Å²) in [6, 6.07) is 7.69. The molecule has 108 valence electrons. The van der Waals surface area contributed by atoms with Crippen LogP contribution >= 0.6 is 0 Å². The first-order valence-corrected chi connectivity index (χ1v) is 6.32. The predicted octanol–water partition coefficient (Wildman–Crippen LogP) is 1.84. The first-order chi connectivity index (χ1) is 9.52. The van der Waals surface area contributed by atoms with Gasteiger partial charge in [-0.2, -0.15) is 0 Å². The lowest BCUT2D eigenvalue weighted by Gasteiger charge is -2.13. The Bertz CT molecular complexity index is 596. The summed E-state index contributed by atoms with van der Waals surface area (Å²) in [5.74, 6) is -3.72. The summed E-state index contributed by atoms with van der Waals surface area (Å²) in [4.78, 5) is 14.6. The van der Waals surface area contributed by atoms with Gasteiger partial charge in [-0.1, -0.05) is 18.2 Å². The van der Waals surface area contributed by atoms with Crippen LogP contribution in [0.25, 0.3) is 10.9 Å². The third-order valence-corrected chi connectivity index (χ3v) is 3.07. The maximum Gasteiger partial charge on any atom is 0.287 e. The number of amides is 1. The number of nitrogens with one attached hydrogen (secondary N) is 2. The van der Waals surface area contributed by atoms with Crippen LogP contribution in [0.1, 0.15) is 12.0 Å². The van der Waals surface area contributed by atoms with E-state index in [1.54, 1.807) is 0 Å². The topological polar surface area (TPSA) is 65.1 Å². The Labute approximate surface area is 114 Å². The third-order valence-electron chi connectivity index (χ3n) is 3.07. The van der Waals surface area contributed by atoms with Crippen LogP contribution in [0.2, 0.25) is 0 Å². The number of para-hydroxylation sites is 1. The lowest BCUT2D eigenvalue weighted by molar-refractivity contribution is -0.124. The second-order valence-corrected chi connectivity index (χ2v) is 4.65. The van der Waals surface area contributed by atoms with E-state index in [0.717, 1.165) is 16.5 Å². The normalized spacial score (nSPS) is 11.8. The molecule has 0 aliphatic rings.